The maximum atomic E-state index is 11.9. The molecule has 16 heavy (non-hydrogen) atoms. The van der Waals surface area contributed by atoms with Crippen LogP contribution in [0, 0.1) is 5.92 Å². The van der Waals surface area contributed by atoms with Crippen molar-refractivity contribution >= 4 is 5.91 Å². The van der Waals surface area contributed by atoms with E-state index in [0.29, 0.717) is 17.7 Å². The second kappa shape index (κ2) is 3.93. The van der Waals surface area contributed by atoms with Gasteiger partial charge in [-0.25, -0.2) is 0 Å². The minimum absolute atomic E-state index is 0.370. The molecule has 0 spiro atoms. The lowest BCUT2D eigenvalue weighted by Gasteiger charge is -2.16. The fourth-order valence-electron chi connectivity index (χ4n) is 2.55. The normalized spacial score (nSPS) is 24.8. The van der Waals surface area contributed by atoms with Gasteiger partial charge in [-0.1, -0.05) is 30.3 Å². The first-order valence-corrected chi connectivity index (χ1v) is 6.18. The van der Waals surface area contributed by atoms with Crippen LogP contribution in [0.5, 0.6) is 0 Å². The topological polar surface area (TPSA) is 20.3 Å². The molecule has 2 fully saturated rings. The van der Waals surface area contributed by atoms with E-state index in [-0.39, 0.29) is 0 Å². The van der Waals surface area contributed by atoms with E-state index in [9.17, 15) is 4.79 Å². The lowest BCUT2D eigenvalue weighted by atomic mass is 9.99. The summed E-state index contributed by atoms with van der Waals surface area (Å²) in [6.45, 7) is 1.88. The molecule has 2 nitrogen and oxygen atoms in total. The summed E-state index contributed by atoms with van der Waals surface area (Å²) in [6, 6.07) is 10.6. The van der Waals surface area contributed by atoms with Crippen LogP contribution in [0.2, 0.25) is 0 Å². The molecule has 2 aliphatic rings. The predicted molar refractivity (Wildman–Crippen MR) is 63.1 cm³/mol. The molecule has 1 atom stereocenters. The summed E-state index contributed by atoms with van der Waals surface area (Å²) in [5.41, 5.74) is 1.38. The molecule has 1 amide bonds. The summed E-state index contributed by atoms with van der Waals surface area (Å²) in [5, 5.41) is 0. The summed E-state index contributed by atoms with van der Waals surface area (Å²) in [4.78, 5) is 14.0. The largest absolute Gasteiger partial charge is 0.342 e. The quantitative estimate of drug-likeness (QED) is 0.742. The Hall–Kier alpha value is -1.31. The highest BCUT2D eigenvalue weighted by Gasteiger charge is 2.36. The van der Waals surface area contributed by atoms with Crippen LogP contribution in [0.1, 0.15) is 30.7 Å². The Morgan fingerprint density at radius 2 is 1.88 bits per heavy atom. The smallest absolute Gasteiger partial charge is 0.225 e. The monoisotopic (exact) mass is 215 g/mol. The Labute approximate surface area is 96.3 Å². The summed E-state index contributed by atoms with van der Waals surface area (Å²) in [6.07, 6.45) is 3.36. The molecule has 1 aromatic rings. The van der Waals surface area contributed by atoms with Gasteiger partial charge >= 0.3 is 0 Å². The minimum Gasteiger partial charge on any atom is -0.342 e. The van der Waals surface area contributed by atoms with Crippen molar-refractivity contribution in [3.63, 3.8) is 0 Å². The first-order valence-electron chi connectivity index (χ1n) is 6.18. The number of nitrogens with zero attached hydrogens (tertiary/aromatic N) is 1. The van der Waals surface area contributed by atoms with E-state index < -0.39 is 0 Å². The zero-order valence-corrected chi connectivity index (χ0v) is 9.43. The molecule has 3 rings (SSSR count). The van der Waals surface area contributed by atoms with Gasteiger partial charge in [0.2, 0.25) is 5.91 Å². The lowest BCUT2D eigenvalue weighted by Crippen LogP contribution is -2.29. The fraction of sp³-hybridized carbons (Fsp3) is 0.500. The molecule has 1 aromatic carbocycles. The SMILES string of the molecule is O=C(C1CC1)N1CC[C@@H](c2ccccc2)C1. The van der Waals surface area contributed by atoms with Crippen molar-refractivity contribution < 1.29 is 4.79 Å². The Kier molecular flexibility index (Phi) is 2.43. The van der Waals surface area contributed by atoms with Crippen LogP contribution >= 0.6 is 0 Å². The van der Waals surface area contributed by atoms with E-state index >= 15 is 0 Å². The van der Waals surface area contributed by atoms with Crippen LogP contribution in [-0.2, 0) is 4.79 Å². The number of amides is 1. The highest BCUT2D eigenvalue weighted by Crippen LogP contribution is 2.34. The molecule has 0 N–H and O–H groups in total. The Bertz CT molecular complexity index is 383. The fourth-order valence-corrected chi connectivity index (χ4v) is 2.55. The number of hydrogen-bond acceptors (Lipinski definition) is 1. The highest BCUT2D eigenvalue weighted by atomic mass is 16.2. The third-order valence-electron chi connectivity index (χ3n) is 3.70. The first kappa shape index (κ1) is 9.88. The van der Waals surface area contributed by atoms with E-state index in [1.54, 1.807) is 0 Å². The van der Waals surface area contributed by atoms with Gasteiger partial charge in [0, 0.05) is 24.9 Å². The lowest BCUT2D eigenvalue weighted by molar-refractivity contribution is -0.131. The maximum absolute atomic E-state index is 11.9. The minimum atomic E-state index is 0.370. The van der Waals surface area contributed by atoms with E-state index in [1.165, 1.54) is 5.56 Å². The van der Waals surface area contributed by atoms with Gasteiger partial charge in [-0.15, -0.1) is 0 Å². The van der Waals surface area contributed by atoms with Crippen LogP contribution in [0.4, 0.5) is 0 Å². The molecule has 1 heterocycles. The van der Waals surface area contributed by atoms with Gasteiger partial charge in [-0.05, 0) is 24.8 Å². The van der Waals surface area contributed by atoms with Crippen molar-refractivity contribution in [1.29, 1.82) is 0 Å². The van der Waals surface area contributed by atoms with Gasteiger partial charge in [0.15, 0.2) is 0 Å². The zero-order chi connectivity index (χ0) is 11.0. The van der Waals surface area contributed by atoms with Crippen LogP contribution < -0.4 is 0 Å². The molecule has 84 valence electrons. The van der Waals surface area contributed by atoms with Crippen molar-refractivity contribution in [1.82, 2.24) is 4.90 Å². The van der Waals surface area contributed by atoms with Crippen molar-refractivity contribution in [3.05, 3.63) is 35.9 Å². The Morgan fingerprint density at radius 1 is 1.12 bits per heavy atom. The summed E-state index contributed by atoms with van der Waals surface area (Å²) in [7, 11) is 0. The molecular formula is C14H17NO. The van der Waals surface area contributed by atoms with Gasteiger partial charge < -0.3 is 4.90 Å². The van der Waals surface area contributed by atoms with Crippen molar-refractivity contribution in [2.75, 3.05) is 13.1 Å². The molecule has 2 heteroatoms. The average molecular weight is 215 g/mol. The molecule has 1 saturated heterocycles. The number of hydrogen-bond donors (Lipinski definition) is 0. The Morgan fingerprint density at radius 3 is 2.56 bits per heavy atom. The van der Waals surface area contributed by atoms with Gasteiger partial charge in [-0.2, -0.15) is 0 Å². The number of carbonyl (C=O) groups excluding carboxylic acids is 1. The van der Waals surface area contributed by atoms with Gasteiger partial charge in [0.1, 0.15) is 0 Å². The summed E-state index contributed by atoms with van der Waals surface area (Å²) < 4.78 is 0. The molecule has 0 radical (unpaired) electrons. The summed E-state index contributed by atoms with van der Waals surface area (Å²) in [5.74, 6) is 1.33. The molecular weight excluding hydrogens is 198 g/mol. The second-order valence-electron chi connectivity index (χ2n) is 4.95. The van der Waals surface area contributed by atoms with Crippen LogP contribution in [0.3, 0.4) is 0 Å². The van der Waals surface area contributed by atoms with Crippen molar-refractivity contribution in [2.45, 2.75) is 25.2 Å². The molecule has 1 saturated carbocycles. The molecule has 1 aliphatic heterocycles. The van der Waals surface area contributed by atoms with E-state index in [1.807, 2.05) is 6.07 Å². The third-order valence-corrected chi connectivity index (χ3v) is 3.70. The number of rotatable bonds is 2. The zero-order valence-electron chi connectivity index (χ0n) is 9.43. The molecule has 0 bridgehead atoms. The Balaban J connectivity index is 1.66. The van der Waals surface area contributed by atoms with Crippen molar-refractivity contribution in [2.24, 2.45) is 5.92 Å². The van der Waals surface area contributed by atoms with E-state index in [0.717, 1.165) is 32.4 Å². The van der Waals surface area contributed by atoms with Crippen LogP contribution in [0.25, 0.3) is 0 Å². The van der Waals surface area contributed by atoms with Crippen LogP contribution in [-0.4, -0.2) is 23.9 Å². The number of carbonyl (C=O) groups is 1. The van der Waals surface area contributed by atoms with Gasteiger partial charge in [0.25, 0.3) is 0 Å². The molecule has 0 aromatic heterocycles. The van der Waals surface area contributed by atoms with Crippen LogP contribution in [0.15, 0.2) is 30.3 Å². The van der Waals surface area contributed by atoms with E-state index in [2.05, 4.69) is 29.2 Å². The standard InChI is InChI=1S/C14H17NO/c16-14(12-6-7-12)15-9-8-13(10-15)11-4-2-1-3-5-11/h1-5,12-13H,6-10H2/t13-/m1/s1. The predicted octanol–water partition coefficient (Wildman–Crippen LogP) is 2.41. The molecule has 1 aliphatic carbocycles. The second-order valence-corrected chi connectivity index (χ2v) is 4.95. The van der Waals surface area contributed by atoms with Gasteiger partial charge in [0.05, 0.1) is 0 Å². The highest BCUT2D eigenvalue weighted by molar-refractivity contribution is 5.81. The number of benzene rings is 1. The first-order chi connectivity index (χ1) is 7.84. The average Bonchev–Trinajstić information content (AvgIpc) is 3.07. The number of likely N-dealkylation sites (tertiary alicyclic amines) is 1. The maximum Gasteiger partial charge on any atom is 0.225 e. The molecule has 0 unspecified atom stereocenters. The van der Waals surface area contributed by atoms with Gasteiger partial charge in [-0.3, -0.25) is 4.79 Å². The van der Waals surface area contributed by atoms with E-state index in [4.69, 9.17) is 0 Å². The summed E-state index contributed by atoms with van der Waals surface area (Å²) >= 11 is 0. The third kappa shape index (κ3) is 1.84. The van der Waals surface area contributed by atoms with Crippen molar-refractivity contribution in [3.8, 4) is 0 Å².